The second kappa shape index (κ2) is 14.1. The van der Waals surface area contributed by atoms with Gasteiger partial charge in [-0.25, -0.2) is 0 Å². The number of halogens is 3. The van der Waals surface area contributed by atoms with E-state index in [0.29, 0.717) is 29.4 Å². The van der Waals surface area contributed by atoms with Crippen LogP contribution in [0.25, 0.3) is 0 Å². The highest BCUT2D eigenvalue weighted by molar-refractivity contribution is 14.0. The lowest BCUT2D eigenvalue weighted by Crippen LogP contribution is -2.41. The fraction of sp³-hybridized carbons (Fsp3) is 0.273. The highest BCUT2D eigenvalue weighted by atomic mass is 127. The summed E-state index contributed by atoms with van der Waals surface area (Å²) in [5.74, 6) is 2.67. The maximum absolute atomic E-state index is 12.8. The SMILES string of the molecule is C#Cc1cccc(NC(=O)CNC(=NC)NCc2cccc(OCC)c2OC(F)F)c1.I. The number of rotatable bonds is 9. The number of guanidine groups is 1. The quantitative estimate of drug-likeness (QED) is 0.190. The lowest BCUT2D eigenvalue weighted by Gasteiger charge is -2.17. The number of terminal acetylenes is 1. The van der Waals surface area contributed by atoms with Gasteiger partial charge in [0.2, 0.25) is 5.91 Å². The normalized spacial score (nSPS) is 10.6. The van der Waals surface area contributed by atoms with E-state index in [1.165, 1.54) is 7.05 Å². The third-order valence-electron chi connectivity index (χ3n) is 3.97. The topological polar surface area (TPSA) is 84.0 Å². The molecule has 0 fully saturated rings. The maximum Gasteiger partial charge on any atom is 0.387 e. The van der Waals surface area contributed by atoms with Gasteiger partial charge in [0.1, 0.15) is 0 Å². The fourth-order valence-electron chi connectivity index (χ4n) is 2.65. The average Bonchev–Trinajstić information content (AvgIpc) is 2.75. The molecule has 32 heavy (non-hydrogen) atoms. The number of nitrogens with zero attached hydrogens (tertiary/aromatic N) is 1. The van der Waals surface area contributed by atoms with E-state index in [-0.39, 0.29) is 54.5 Å². The Bertz CT molecular complexity index is 964. The monoisotopic (exact) mass is 558 g/mol. The molecule has 2 rings (SSSR count). The molecule has 2 aromatic carbocycles. The minimum atomic E-state index is -2.99. The molecular formula is C22H25F2IN4O3. The van der Waals surface area contributed by atoms with Crippen molar-refractivity contribution in [3.05, 3.63) is 53.6 Å². The Hall–Kier alpha value is -3.07. The van der Waals surface area contributed by atoms with E-state index < -0.39 is 6.61 Å². The average molecular weight is 558 g/mol. The van der Waals surface area contributed by atoms with Gasteiger partial charge in [-0.1, -0.05) is 24.1 Å². The first-order valence-corrected chi connectivity index (χ1v) is 9.47. The molecule has 0 radical (unpaired) electrons. The Kier molecular flexibility index (Phi) is 11.9. The van der Waals surface area contributed by atoms with Gasteiger partial charge >= 0.3 is 6.61 Å². The van der Waals surface area contributed by atoms with E-state index >= 15 is 0 Å². The van der Waals surface area contributed by atoms with Crippen LogP contribution in [0.4, 0.5) is 14.5 Å². The standard InChI is InChI=1S/C22H24F2N4O3.HI/c1-4-15-8-6-10-17(12-15)28-19(29)14-27-22(25-3)26-13-16-9-7-11-18(30-5-2)20(16)31-21(23)24;/h1,6-12,21H,5,13-14H2,2-3H3,(H,28,29)(H2,25,26,27);1H. The van der Waals surface area contributed by atoms with Crippen LogP contribution in [0.3, 0.4) is 0 Å². The van der Waals surface area contributed by atoms with Gasteiger partial charge in [-0.3, -0.25) is 9.79 Å². The summed E-state index contributed by atoms with van der Waals surface area (Å²) in [6.45, 7) is -0.890. The van der Waals surface area contributed by atoms with Crippen LogP contribution < -0.4 is 25.4 Å². The van der Waals surface area contributed by atoms with Crippen molar-refractivity contribution in [2.24, 2.45) is 4.99 Å². The minimum absolute atomic E-state index is 0. The van der Waals surface area contributed by atoms with Crippen molar-refractivity contribution in [3.63, 3.8) is 0 Å². The van der Waals surface area contributed by atoms with Gasteiger partial charge in [-0.15, -0.1) is 30.4 Å². The van der Waals surface area contributed by atoms with Gasteiger partial charge in [-0.05, 0) is 31.2 Å². The van der Waals surface area contributed by atoms with Crippen molar-refractivity contribution in [2.45, 2.75) is 20.1 Å². The maximum atomic E-state index is 12.8. The van der Waals surface area contributed by atoms with Crippen LogP contribution in [0.1, 0.15) is 18.1 Å². The molecule has 2 aromatic rings. The second-order valence-electron chi connectivity index (χ2n) is 6.11. The smallest absolute Gasteiger partial charge is 0.387 e. The van der Waals surface area contributed by atoms with Crippen molar-refractivity contribution < 1.29 is 23.0 Å². The van der Waals surface area contributed by atoms with E-state index in [1.54, 1.807) is 49.4 Å². The van der Waals surface area contributed by atoms with Crippen molar-refractivity contribution in [2.75, 3.05) is 25.5 Å². The third kappa shape index (κ3) is 8.58. The van der Waals surface area contributed by atoms with Crippen LogP contribution in [0.5, 0.6) is 11.5 Å². The predicted molar refractivity (Wildman–Crippen MR) is 131 cm³/mol. The zero-order valence-electron chi connectivity index (χ0n) is 17.7. The molecule has 0 saturated carbocycles. The number of amides is 1. The molecule has 1 amide bonds. The van der Waals surface area contributed by atoms with Crippen LogP contribution in [0, 0.1) is 12.3 Å². The third-order valence-corrected chi connectivity index (χ3v) is 3.97. The molecule has 0 spiro atoms. The first kappa shape index (κ1) is 27.0. The number of anilines is 1. The highest BCUT2D eigenvalue weighted by Gasteiger charge is 2.16. The molecule has 0 bridgehead atoms. The van der Waals surface area contributed by atoms with E-state index in [4.69, 9.17) is 11.2 Å². The summed E-state index contributed by atoms with van der Waals surface area (Å²) in [6.07, 6.45) is 5.35. The summed E-state index contributed by atoms with van der Waals surface area (Å²) >= 11 is 0. The molecular weight excluding hydrogens is 533 g/mol. The van der Waals surface area contributed by atoms with E-state index in [1.807, 2.05) is 0 Å². The molecule has 0 saturated heterocycles. The van der Waals surface area contributed by atoms with Crippen molar-refractivity contribution in [3.8, 4) is 23.8 Å². The summed E-state index contributed by atoms with van der Waals surface area (Å²) in [4.78, 5) is 16.2. The highest BCUT2D eigenvalue weighted by Crippen LogP contribution is 2.32. The Morgan fingerprint density at radius 1 is 1.22 bits per heavy atom. The predicted octanol–water partition coefficient (Wildman–Crippen LogP) is 3.59. The Labute approximate surface area is 203 Å². The van der Waals surface area contributed by atoms with Crippen LogP contribution in [0.15, 0.2) is 47.5 Å². The van der Waals surface area contributed by atoms with Crippen molar-refractivity contribution in [1.29, 1.82) is 0 Å². The molecule has 0 aliphatic carbocycles. The minimum Gasteiger partial charge on any atom is -0.490 e. The summed E-state index contributed by atoms with van der Waals surface area (Å²) in [6, 6.07) is 11.8. The number of alkyl halides is 2. The number of carbonyl (C=O) groups is 1. The molecule has 0 aliphatic heterocycles. The number of para-hydroxylation sites is 1. The summed E-state index contributed by atoms with van der Waals surface area (Å²) in [7, 11) is 1.52. The second-order valence-corrected chi connectivity index (χ2v) is 6.11. The molecule has 0 atom stereocenters. The molecule has 3 N–H and O–H groups in total. The number of carbonyl (C=O) groups excluding carboxylic acids is 1. The molecule has 10 heteroatoms. The molecule has 7 nitrogen and oxygen atoms in total. The van der Waals surface area contributed by atoms with E-state index in [2.05, 4.69) is 31.6 Å². The summed E-state index contributed by atoms with van der Waals surface area (Å²) in [5.41, 5.74) is 1.68. The van der Waals surface area contributed by atoms with Gasteiger partial charge in [0.15, 0.2) is 17.5 Å². The fourth-order valence-corrected chi connectivity index (χ4v) is 2.65. The Balaban J connectivity index is 0.00000512. The van der Waals surface area contributed by atoms with Gasteiger partial charge in [0.25, 0.3) is 0 Å². The van der Waals surface area contributed by atoms with Crippen molar-refractivity contribution in [1.82, 2.24) is 10.6 Å². The number of aliphatic imine (C=N–C) groups is 1. The zero-order chi connectivity index (χ0) is 22.6. The lowest BCUT2D eigenvalue weighted by molar-refractivity contribution is -0.115. The first-order chi connectivity index (χ1) is 15.0. The molecule has 0 aliphatic rings. The molecule has 0 unspecified atom stereocenters. The lowest BCUT2D eigenvalue weighted by atomic mass is 10.2. The number of nitrogens with one attached hydrogen (secondary N) is 3. The van der Waals surface area contributed by atoms with Gasteiger partial charge in [0, 0.05) is 30.4 Å². The molecule has 0 heterocycles. The number of hydrogen-bond acceptors (Lipinski definition) is 4. The largest absolute Gasteiger partial charge is 0.490 e. The summed E-state index contributed by atoms with van der Waals surface area (Å²) in [5, 5.41) is 8.54. The Morgan fingerprint density at radius 3 is 2.62 bits per heavy atom. The number of hydrogen-bond donors (Lipinski definition) is 3. The van der Waals surface area contributed by atoms with Gasteiger partial charge in [0.05, 0.1) is 13.2 Å². The molecule has 0 aromatic heterocycles. The van der Waals surface area contributed by atoms with Crippen molar-refractivity contribution >= 4 is 41.5 Å². The first-order valence-electron chi connectivity index (χ1n) is 9.47. The van der Waals surface area contributed by atoms with Crippen LogP contribution in [-0.2, 0) is 11.3 Å². The van der Waals surface area contributed by atoms with Crippen LogP contribution >= 0.6 is 24.0 Å². The van der Waals surface area contributed by atoms with E-state index in [0.717, 1.165) is 0 Å². The Morgan fingerprint density at radius 2 is 1.97 bits per heavy atom. The van der Waals surface area contributed by atoms with Gasteiger partial charge in [-0.2, -0.15) is 8.78 Å². The van der Waals surface area contributed by atoms with Crippen LogP contribution in [-0.4, -0.2) is 38.7 Å². The van der Waals surface area contributed by atoms with Gasteiger partial charge < -0.3 is 25.4 Å². The van der Waals surface area contributed by atoms with Crippen LogP contribution in [0.2, 0.25) is 0 Å². The summed E-state index contributed by atoms with van der Waals surface area (Å²) < 4.78 is 35.7. The number of benzene rings is 2. The zero-order valence-corrected chi connectivity index (χ0v) is 20.0. The van der Waals surface area contributed by atoms with E-state index in [9.17, 15) is 13.6 Å². The molecule has 172 valence electrons. The number of ether oxygens (including phenoxy) is 2.